The number of carboxylic acids is 1. The van der Waals surface area contributed by atoms with Crippen molar-refractivity contribution in [1.29, 1.82) is 0 Å². The van der Waals surface area contributed by atoms with E-state index in [4.69, 9.17) is 14.5 Å². The maximum absolute atomic E-state index is 14.1. The zero-order valence-electron chi connectivity index (χ0n) is 21.9. The molecular formula is C31H24BrN3O5. The van der Waals surface area contributed by atoms with Gasteiger partial charge in [-0.3, -0.25) is 4.79 Å². The average Bonchev–Trinajstić information content (AvgIpc) is 2.96. The number of carboxylic acid groups (broad SMARTS) is 1. The monoisotopic (exact) mass is 597 g/mol. The van der Waals surface area contributed by atoms with Crippen LogP contribution in [-0.4, -0.2) is 41.2 Å². The molecule has 40 heavy (non-hydrogen) atoms. The van der Waals surface area contributed by atoms with Crippen LogP contribution < -0.4 is 14.8 Å². The number of carbonyl (C=O) groups is 2. The molecule has 0 bridgehead atoms. The van der Waals surface area contributed by atoms with Crippen LogP contribution in [0.25, 0.3) is 33.3 Å². The van der Waals surface area contributed by atoms with Crippen LogP contribution in [0.1, 0.15) is 26.3 Å². The molecule has 0 aliphatic heterocycles. The van der Waals surface area contributed by atoms with E-state index < -0.39 is 5.97 Å². The fourth-order valence-electron chi connectivity index (χ4n) is 4.68. The molecular weight excluding hydrogens is 574 g/mol. The van der Waals surface area contributed by atoms with Gasteiger partial charge in [0.25, 0.3) is 5.91 Å². The molecule has 1 amide bonds. The van der Waals surface area contributed by atoms with Crippen molar-refractivity contribution in [2.45, 2.75) is 6.92 Å². The molecule has 5 rings (SSSR count). The molecule has 5 aromatic rings. The van der Waals surface area contributed by atoms with Gasteiger partial charge in [-0.25, -0.2) is 14.8 Å². The predicted molar refractivity (Wildman–Crippen MR) is 157 cm³/mol. The molecule has 2 aromatic heterocycles. The predicted octanol–water partition coefficient (Wildman–Crippen LogP) is 7.00. The second-order valence-corrected chi connectivity index (χ2v) is 9.82. The third-order valence-electron chi connectivity index (χ3n) is 6.54. The average molecular weight is 598 g/mol. The first-order chi connectivity index (χ1) is 19.3. The SMILES string of the molecule is COc1ccnc(OC)c1-c1cc(C(=O)O)ccc1NC(=O)c1c(C)c(-c2ccccc2)nc2ccc(Br)cc12. The number of hydrogen-bond acceptors (Lipinski definition) is 6. The van der Waals surface area contributed by atoms with E-state index in [2.05, 4.69) is 26.2 Å². The van der Waals surface area contributed by atoms with Crippen molar-refractivity contribution >= 4 is 44.4 Å². The number of methoxy groups -OCH3 is 2. The van der Waals surface area contributed by atoms with Gasteiger partial charge in [-0.05, 0) is 55.0 Å². The van der Waals surface area contributed by atoms with Crippen molar-refractivity contribution in [2.24, 2.45) is 0 Å². The van der Waals surface area contributed by atoms with E-state index >= 15 is 0 Å². The van der Waals surface area contributed by atoms with E-state index in [1.165, 1.54) is 32.5 Å². The van der Waals surface area contributed by atoms with Gasteiger partial charge in [0.2, 0.25) is 5.88 Å². The van der Waals surface area contributed by atoms with Crippen LogP contribution in [0.4, 0.5) is 5.69 Å². The van der Waals surface area contributed by atoms with Crippen LogP contribution in [0.3, 0.4) is 0 Å². The second kappa shape index (κ2) is 11.2. The zero-order chi connectivity index (χ0) is 28.4. The fraction of sp³-hybridized carbons (Fsp3) is 0.0968. The molecule has 8 nitrogen and oxygen atoms in total. The van der Waals surface area contributed by atoms with E-state index in [9.17, 15) is 14.7 Å². The zero-order valence-corrected chi connectivity index (χ0v) is 23.4. The first kappa shape index (κ1) is 26.8. The van der Waals surface area contributed by atoms with E-state index in [0.717, 1.165) is 10.0 Å². The lowest BCUT2D eigenvalue weighted by atomic mass is 9.96. The molecule has 0 unspecified atom stereocenters. The third kappa shape index (κ3) is 4.99. The summed E-state index contributed by atoms with van der Waals surface area (Å²) in [6.07, 6.45) is 1.52. The molecule has 2 heterocycles. The number of aromatic nitrogens is 2. The van der Waals surface area contributed by atoms with Gasteiger partial charge in [-0.15, -0.1) is 0 Å². The number of amides is 1. The Bertz CT molecular complexity index is 1750. The summed E-state index contributed by atoms with van der Waals surface area (Å²) in [7, 11) is 2.95. The van der Waals surface area contributed by atoms with Crippen molar-refractivity contribution in [2.75, 3.05) is 19.5 Å². The summed E-state index contributed by atoms with van der Waals surface area (Å²) in [6, 6.07) is 21.4. The van der Waals surface area contributed by atoms with Gasteiger partial charge in [0.05, 0.1) is 42.1 Å². The van der Waals surface area contributed by atoms with E-state index in [1.807, 2.05) is 55.5 Å². The molecule has 0 fully saturated rings. The summed E-state index contributed by atoms with van der Waals surface area (Å²) in [5.41, 5.74) is 4.58. The van der Waals surface area contributed by atoms with Crippen LogP contribution in [-0.2, 0) is 0 Å². The largest absolute Gasteiger partial charge is 0.496 e. The van der Waals surface area contributed by atoms with Crippen LogP contribution in [0.2, 0.25) is 0 Å². The second-order valence-electron chi connectivity index (χ2n) is 8.91. The lowest BCUT2D eigenvalue weighted by Crippen LogP contribution is -2.16. The highest BCUT2D eigenvalue weighted by molar-refractivity contribution is 9.10. The molecule has 0 spiro atoms. The molecule has 0 aliphatic carbocycles. The first-order valence-electron chi connectivity index (χ1n) is 12.2. The number of fused-ring (bicyclic) bond motifs is 1. The fourth-order valence-corrected chi connectivity index (χ4v) is 5.04. The van der Waals surface area contributed by atoms with Crippen molar-refractivity contribution in [3.63, 3.8) is 0 Å². The Kier molecular flexibility index (Phi) is 7.48. The Balaban J connectivity index is 1.71. The van der Waals surface area contributed by atoms with Crippen molar-refractivity contribution in [3.05, 3.63) is 100 Å². The topological polar surface area (TPSA) is 111 Å². The van der Waals surface area contributed by atoms with Crippen LogP contribution in [0.5, 0.6) is 11.6 Å². The van der Waals surface area contributed by atoms with Gasteiger partial charge in [-0.1, -0.05) is 46.3 Å². The number of hydrogen-bond donors (Lipinski definition) is 2. The molecule has 200 valence electrons. The number of benzene rings is 3. The lowest BCUT2D eigenvalue weighted by Gasteiger charge is -2.18. The van der Waals surface area contributed by atoms with E-state index in [0.29, 0.717) is 50.3 Å². The third-order valence-corrected chi connectivity index (χ3v) is 7.03. The molecule has 3 aromatic carbocycles. The molecule has 0 aliphatic rings. The number of anilines is 1. The molecule has 0 saturated heterocycles. The van der Waals surface area contributed by atoms with Gasteiger partial charge < -0.3 is 19.9 Å². The number of pyridine rings is 2. The van der Waals surface area contributed by atoms with Gasteiger partial charge in [0.15, 0.2) is 0 Å². The van der Waals surface area contributed by atoms with E-state index in [-0.39, 0.29) is 17.4 Å². The summed E-state index contributed by atoms with van der Waals surface area (Å²) in [4.78, 5) is 35.1. The van der Waals surface area contributed by atoms with E-state index in [1.54, 1.807) is 12.1 Å². The van der Waals surface area contributed by atoms with Gasteiger partial charge in [-0.2, -0.15) is 0 Å². The standard InChI is InChI=1S/C31H24BrN3O5/c1-17-26(22-16-20(32)10-12-23(22)34-28(17)18-7-5-4-6-8-18)29(36)35-24-11-9-19(31(37)38)15-21(24)27-25(39-2)13-14-33-30(27)40-3/h4-16H,1-3H3,(H,35,36)(H,37,38). The number of nitrogens with one attached hydrogen (secondary N) is 1. The summed E-state index contributed by atoms with van der Waals surface area (Å²) >= 11 is 3.52. The maximum Gasteiger partial charge on any atom is 0.335 e. The van der Waals surface area contributed by atoms with Crippen molar-refractivity contribution in [3.8, 4) is 34.0 Å². The highest BCUT2D eigenvalue weighted by atomic mass is 79.9. The number of ether oxygens (including phenoxy) is 2. The number of aromatic carboxylic acids is 1. The smallest absolute Gasteiger partial charge is 0.335 e. The minimum Gasteiger partial charge on any atom is -0.496 e. The number of rotatable bonds is 7. The lowest BCUT2D eigenvalue weighted by molar-refractivity contribution is 0.0696. The van der Waals surface area contributed by atoms with Crippen molar-refractivity contribution in [1.82, 2.24) is 9.97 Å². The Hall–Kier alpha value is -4.76. The van der Waals surface area contributed by atoms with Gasteiger partial charge in [0.1, 0.15) is 5.75 Å². The summed E-state index contributed by atoms with van der Waals surface area (Å²) in [5.74, 6) is -0.871. The molecule has 0 atom stereocenters. The molecule has 2 N–H and O–H groups in total. The normalized spacial score (nSPS) is 10.8. The summed E-state index contributed by atoms with van der Waals surface area (Å²) in [6.45, 7) is 1.87. The minimum atomic E-state index is -1.12. The number of carbonyl (C=O) groups excluding carboxylic acids is 1. The van der Waals surface area contributed by atoms with Crippen molar-refractivity contribution < 1.29 is 24.2 Å². The summed E-state index contributed by atoms with van der Waals surface area (Å²) < 4.78 is 11.8. The Morgan fingerprint density at radius 3 is 2.42 bits per heavy atom. The highest BCUT2D eigenvalue weighted by Crippen LogP contribution is 2.41. The minimum absolute atomic E-state index is 0.0294. The molecule has 0 radical (unpaired) electrons. The molecule has 0 saturated carbocycles. The highest BCUT2D eigenvalue weighted by Gasteiger charge is 2.23. The first-order valence-corrected chi connectivity index (χ1v) is 13.0. The Morgan fingerprint density at radius 1 is 0.950 bits per heavy atom. The van der Waals surface area contributed by atoms with Crippen LogP contribution >= 0.6 is 15.9 Å². The number of halogens is 1. The maximum atomic E-state index is 14.1. The summed E-state index contributed by atoms with van der Waals surface area (Å²) in [5, 5.41) is 13.4. The Labute approximate surface area is 238 Å². The van der Waals surface area contributed by atoms with Crippen LogP contribution in [0.15, 0.2) is 83.5 Å². The van der Waals surface area contributed by atoms with Gasteiger partial charge >= 0.3 is 5.97 Å². The van der Waals surface area contributed by atoms with Gasteiger partial charge in [0, 0.05) is 32.9 Å². The quantitative estimate of drug-likeness (QED) is 0.208. The van der Waals surface area contributed by atoms with Crippen LogP contribution in [0, 0.1) is 6.92 Å². The number of nitrogens with zero attached hydrogens (tertiary/aromatic N) is 2. The molecule has 9 heteroatoms. The Morgan fingerprint density at radius 2 is 1.73 bits per heavy atom.